The standard InChI is InChI=1S/C24H21FN4O2S.H2O/c1-32-22-15-29(24-26-13-18(14-27-24)16-2-5-19(25)6-3-16)21-12-17(4-7-20(21)22)23(30)28-8-10-31-11-9-28;/h2-7,12-15H,8-11H2,1H3;1H2. The zero-order valence-corrected chi connectivity index (χ0v) is 18.8. The van der Waals surface area contributed by atoms with Crippen molar-refractivity contribution in [1.29, 1.82) is 0 Å². The number of hydrogen-bond acceptors (Lipinski definition) is 5. The highest BCUT2D eigenvalue weighted by atomic mass is 32.2. The molecule has 2 aromatic carbocycles. The number of aromatic nitrogens is 3. The highest BCUT2D eigenvalue weighted by Gasteiger charge is 2.20. The first-order chi connectivity index (χ1) is 15.6. The molecule has 0 aliphatic carbocycles. The quantitative estimate of drug-likeness (QED) is 0.429. The summed E-state index contributed by atoms with van der Waals surface area (Å²) in [6, 6.07) is 12.0. The zero-order chi connectivity index (χ0) is 22.1. The monoisotopic (exact) mass is 466 g/mol. The molecule has 1 fully saturated rings. The van der Waals surface area contributed by atoms with E-state index in [-0.39, 0.29) is 17.2 Å². The van der Waals surface area contributed by atoms with E-state index in [0.29, 0.717) is 37.8 Å². The third-order valence-electron chi connectivity index (χ3n) is 5.57. The van der Waals surface area contributed by atoms with E-state index in [2.05, 4.69) is 9.97 Å². The molecular formula is C24H23FN4O3S. The third kappa shape index (κ3) is 4.47. The average Bonchev–Trinajstić information content (AvgIpc) is 3.23. The second kappa shape index (κ2) is 9.70. The van der Waals surface area contributed by atoms with Crippen LogP contribution in [0.25, 0.3) is 28.0 Å². The number of rotatable bonds is 4. The molecular weight excluding hydrogens is 443 g/mol. The van der Waals surface area contributed by atoms with Crippen molar-refractivity contribution in [3.63, 3.8) is 0 Å². The first-order valence-electron chi connectivity index (χ1n) is 10.3. The molecule has 2 aromatic heterocycles. The lowest BCUT2D eigenvalue weighted by molar-refractivity contribution is 0.0303. The van der Waals surface area contributed by atoms with Gasteiger partial charge in [0.1, 0.15) is 5.82 Å². The molecule has 9 heteroatoms. The van der Waals surface area contributed by atoms with Gasteiger partial charge in [0.15, 0.2) is 0 Å². The van der Waals surface area contributed by atoms with Crippen LogP contribution in [0.5, 0.6) is 0 Å². The number of ether oxygens (including phenoxy) is 1. The predicted octanol–water partition coefficient (Wildman–Crippen LogP) is 3.60. The van der Waals surface area contributed by atoms with Crippen LogP contribution in [-0.2, 0) is 4.74 Å². The van der Waals surface area contributed by atoms with Gasteiger partial charge in [-0.05, 0) is 36.1 Å². The van der Waals surface area contributed by atoms with Crippen molar-refractivity contribution in [2.24, 2.45) is 0 Å². The molecule has 0 spiro atoms. The van der Waals surface area contributed by atoms with Crippen LogP contribution in [0.2, 0.25) is 0 Å². The first-order valence-corrected chi connectivity index (χ1v) is 11.5. The van der Waals surface area contributed by atoms with E-state index in [0.717, 1.165) is 26.9 Å². The lowest BCUT2D eigenvalue weighted by atomic mass is 10.1. The van der Waals surface area contributed by atoms with Crippen molar-refractivity contribution in [2.75, 3.05) is 32.6 Å². The maximum absolute atomic E-state index is 13.2. The van der Waals surface area contributed by atoms with E-state index in [1.165, 1.54) is 12.1 Å². The van der Waals surface area contributed by atoms with E-state index in [1.807, 2.05) is 40.1 Å². The molecule has 2 N–H and O–H groups in total. The third-order valence-corrected chi connectivity index (χ3v) is 6.33. The second-order valence-electron chi connectivity index (χ2n) is 7.48. The molecule has 1 saturated heterocycles. The fourth-order valence-corrected chi connectivity index (χ4v) is 4.45. The summed E-state index contributed by atoms with van der Waals surface area (Å²) in [6.45, 7) is 2.33. The van der Waals surface area contributed by atoms with Gasteiger partial charge in [-0.2, -0.15) is 0 Å². The summed E-state index contributed by atoms with van der Waals surface area (Å²) < 4.78 is 20.5. The molecule has 170 valence electrons. The molecule has 4 aromatic rings. The fourth-order valence-electron chi connectivity index (χ4n) is 3.84. The summed E-state index contributed by atoms with van der Waals surface area (Å²) in [5, 5.41) is 1.04. The summed E-state index contributed by atoms with van der Waals surface area (Å²) in [5.41, 5.74) is 3.16. The van der Waals surface area contributed by atoms with Gasteiger partial charge < -0.3 is 15.1 Å². The van der Waals surface area contributed by atoms with E-state index in [1.54, 1.807) is 36.3 Å². The molecule has 3 heterocycles. The molecule has 1 aliphatic heterocycles. The number of nitrogens with zero attached hydrogens (tertiary/aromatic N) is 4. The van der Waals surface area contributed by atoms with Gasteiger partial charge in [-0.3, -0.25) is 9.36 Å². The molecule has 33 heavy (non-hydrogen) atoms. The molecule has 0 bridgehead atoms. The number of halogens is 1. The summed E-state index contributed by atoms with van der Waals surface area (Å²) in [7, 11) is 0. The minimum absolute atomic E-state index is 0. The largest absolute Gasteiger partial charge is 0.412 e. The highest BCUT2D eigenvalue weighted by Crippen LogP contribution is 2.31. The van der Waals surface area contributed by atoms with E-state index >= 15 is 0 Å². The lowest BCUT2D eigenvalue weighted by Crippen LogP contribution is -2.40. The predicted molar refractivity (Wildman–Crippen MR) is 126 cm³/mol. The van der Waals surface area contributed by atoms with Crippen LogP contribution in [0.1, 0.15) is 10.4 Å². The minimum Gasteiger partial charge on any atom is -0.412 e. The Bertz CT molecular complexity index is 1270. The molecule has 0 unspecified atom stereocenters. The van der Waals surface area contributed by atoms with Gasteiger partial charge in [0, 0.05) is 53.1 Å². The topological polar surface area (TPSA) is 91.8 Å². The molecule has 1 amide bonds. The molecule has 1 aliphatic rings. The second-order valence-corrected chi connectivity index (χ2v) is 8.33. The summed E-state index contributed by atoms with van der Waals surface area (Å²) in [6.07, 6.45) is 7.46. The number of carbonyl (C=O) groups excluding carboxylic acids is 1. The van der Waals surface area contributed by atoms with E-state index in [9.17, 15) is 9.18 Å². The summed E-state index contributed by atoms with van der Waals surface area (Å²) in [4.78, 5) is 25.0. The number of thioether (sulfide) groups is 1. The van der Waals surface area contributed by atoms with Gasteiger partial charge in [0.2, 0.25) is 5.95 Å². The minimum atomic E-state index is -0.280. The van der Waals surface area contributed by atoms with Gasteiger partial charge in [-0.15, -0.1) is 11.8 Å². The van der Waals surface area contributed by atoms with Gasteiger partial charge >= 0.3 is 0 Å². The van der Waals surface area contributed by atoms with E-state index in [4.69, 9.17) is 4.74 Å². The smallest absolute Gasteiger partial charge is 0.254 e. The normalized spacial score (nSPS) is 13.7. The summed E-state index contributed by atoms with van der Waals surface area (Å²) >= 11 is 1.63. The van der Waals surface area contributed by atoms with Crippen molar-refractivity contribution in [3.8, 4) is 17.1 Å². The molecule has 5 rings (SSSR count). The van der Waals surface area contributed by atoms with Crippen LogP contribution in [0.3, 0.4) is 0 Å². The Labute approximate surface area is 194 Å². The molecule has 0 atom stereocenters. The Hall–Kier alpha value is -3.27. The number of morpholine rings is 1. The number of benzene rings is 2. The maximum atomic E-state index is 13.2. The Balaban J connectivity index is 0.00000259. The van der Waals surface area contributed by atoms with Crippen molar-refractivity contribution < 1.29 is 19.4 Å². The van der Waals surface area contributed by atoms with Crippen LogP contribution in [0, 0.1) is 5.82 Å². The number of fused-ring (bicyclic) bond motifs is 1. The Morgan fingerprint density at radius 1 is 1.03 bits per heavy atom. The van der Waals surface area contributed by atoms with E-state index < -0.39 is 0 Å². The lowest BCUT2D eigenvalue weighted by Gasteiger charge is -2.26. The number of amides is 1. The van der Waals surface area contributed by atoms with Gasteiger partial charge in [-0.25, -0.2) is 14.4 Å². The van der Waals surface area contributed by atoms with Crippen LogP contribution >= 0.6 is 11.8 Å². The number of hydrogen-bond donors (Lipinski definition) is 0. The van der Waals surface area contributed by atoms with Crippen molar-refractivity contribution in [3.05, 3.63) is 72.4 Å². The van der Waals surface area contributed by atoms with Crippen molar-refractivity contribution >= 4 is 28.6 Å². The van der Waals surface area contributed by atoms with Gasteiger partial charge in [0.25, 0.3) is 5.91 Å². The van der Waals surface area contributed by atoms with Crippen molar-refractivity contribution in [1.82, 2.24) is 19.4 Å². The van der Waals surface area contributed by atoms with Crippen LogP contribution < -0.4 is 0 Å². The summed E-state index contributed by atoms with van der Waals surface area (Å²) in [5.74, 6) is 0.232. The van der Waals surface area contributed by atoms with Crippen LogP contribution in [0.4, 0.5) is 4.39 Å². The average molecular weight is 467 g/mol. The van der Waals surface area contributed by atoms with Gasteiger partial charge in [-0.1, -0.05) is 18.2 Å². The maximum Gasteiger partial charge on any atom is 0.254 e. The molecule has 0 saturated carbocycles. The Kier molecular flexibility index (Phi) is 6.73. The Morgan fingerprint density at radius 3 is 2.39 bits per heavy atom. The first kappa shape index (κ1) is 22.9. The SMILES string of the molecule is CSc1cn(-c2ncc(-c3ccc(F)cc3)cn2)c2cc(C(=O)N3CCOCC3)ccc12.O. The highest BCUT2D eigenvalue weighted by molar-refractivity contribution is 7.98. The van der Waals surface area contributed by atoms with Crippen molar-refractivity contribution in [2.45, 2.75) is 4.90 Å². The molecule has 0 radical (unpaired) electrons. The molecule has 7 nitrogen and oxygen atoms in total. The Morgan fingerprint density at radius 2 is 1.73 bits per heavy atom. The number of carbonyl (C=O) groups is 1. The van der Waals surface area contributed by atoms with Gasteiger partial charge in [0.05, 0.1) is 18.7 Å². The zero-order valence-electron chi connectivity index (χ0n) is 18.0. The van der Waals surface area contributed by atoms with Crippen LogP contribution in [-0.4, -0.2) is 63.4 Å². The fraction of sp³-hybridized carbons (Fsp3) is 0.208. The van der Waals surface area contributed by atoms with Crippen LogP contribution in [0.15, 0.2) is 66.0 Å².